The van der Waals surface area contributed by atoms with E-state index in [9.17, 15) is 9.90 Å². The Morgan fingerprint density at radius 1 is 1.26 bits per heavy atom. The molecule has 0 aliphatic carbocycles. The molecule has 0 spiro atoms. The van der Waals surface area contributed by atoms with Gasteiger partial charge in [0.05, 0.1) is 17.1 Å². The van der Waals surface area contributed by atoms with Crippen molar-refractivity contribution < 1.29 is 9.90 Å². The number of aromatic nitrogens is 2. The summed E-state index contributed by atoms with van der Waals surface area (Å²) in [7, 11) is 0. The Balaban J connectivity index is 1.32. The van der Waals surface area contributed by atoms with Crippen LogP contribution in [0.4, 0.5) is 0 Å². The first-order valence-corrected chi connectivity index (χ1v) is 10.4. The molecule has 4 rings (SSSR count). The van der Waals surface area contributed by atoms with Crippen LogP contribution in [0.3, 0.4) is 0 Å². The molecule has 1 aliphatic rings. The third-order valence-corrected chi connectivity index (χ3v) is 6.51. The summed E-state index contributed by atoms with van der Waals surface area (Å²) in [5.41, 5.74) is 2.06. The van der Waals surface area contributed by atoms with Gasteiger partial charge in [0.15, 0.2) is 0 Å². The molecule has 142 valence electrons. The maximum absolute atomic E-state index is 12.7. The number of piperidine rings is 1. The number of hydrogen-bond donors (Lipinski definition) is 1. The number of benzene rings is 1. The van der Waals surface area contributed by atoms with Crippen molar-refractivity contribution in [2.24, 2.45) is 5.92 Å². The van der Waals surface area contributed by atoms with Gasteiger partial charge < -0.3 is 14.6 Å². The summed E-state index contributed by atoms with van der Waals surface area (Å²) in [6.07, 6.45) is 1.80. The predicted octanol–water partition coefficient (Wildman–Crippen LogP) is 3.77. The Kier molecular flexibility index (Phi) is 5.27. The van der Waals surface area contributed by atoms with Gasteiger partial charge >= 0.3 is 0 Å². The number of amides is 1. The minimum atomic E-state index is -0.401. The summed E-state index contributed by atoms with van der Waals surface area (Å²) >= 11 is 1.60. The average molecular weight is 384 g/mol. The molecule has 0 saturated carbocycles. The molecule has 0 radical (unpaired) electrons. The fraction of sp³-hybridized carbons (Fsp3) is 0.429. The van der Waals surface area contributed by atoms with Crippen LogP contribution in [-0.2, 0) is 11.3 Å². The third kappa shape index (κ3) is 3.77. The highest BCUT2D eigenvalue weighted by Crippen LogP contribution is 2.33. The number of rotatable bonds is 5. The second kappa shape index (κ2) is 7.82. The first kappa shape index (κ1) is 18.2. The molecule has 3 heterocycles. The number of carbonyl (C=O) groups excluding carboxylic acids is 1. The molecule has 27 heavy (non-hydrogen) atoms. The summed E-state index contributed by atoms with van der Waals surface area (Å²) < 4.78 is 2.13. The minimum absolute atomic E-state index is 0.191. The molecular formula is C21H25N3O2S. The summed E-state index contributed by atoms with van der Waals surface area (Å²) in [5, 5.41) is 12.5. The van der Waals surface area contributed by atoms with Crippen molar-refractivity contribution in [2.75, 3.05) is 13.1 Å². The molecule has 1 unspecified atom stereocenters. The van der Waals surface area contributed by atoms with E-state index < -0.39 is 6.10 Å². The van der Waals surface area contributed by atoms with Crippen molar-refractivity contribution in [1.82, 2.24) is 14.5 Å². The molecule has 1 saturated heterocycles. The highest BCUT2D eigenvalue weighted by atomic mass is 32.1. The van der Waals surface area contributed by atoms with E-state index in [0.29, 0.717) is 13.0 Å². The number of aliphatic hydroxyl groups is 1. The highest BCUT2D eigenvalue weighted by molar-refractivity contribution is 7.10. The number of para-hydroxylation sites is 2. The lowest BCUT2D eigenvalue weighted by Crippen LogP contribution is -2.40. The second-order valence-corrected chi connectivity index (χ2v) is 8.21. The number of thiophene rings is 1. The summed E-state index contributed by atoms with van der Waals surface area (Å²) in [6.45, 7) is 4.11. The smallest absolute Gasteiger partial charge is 0.224 e. The number of aryl methyl sites for hydroxylation is 2. The van der Waals surface area contributed by atoms with Crippen molar-refractivity contribution in [3.8, 4) is 0 Å². The Bertz CT molecular complexity index is 911. The Morgan fingerprint density at radius 3 is 2.78 bits per heavy atom. The van der Waals surface area contributed by atoms with Crippen molar-refractivity contribution in [3.05, 3.63) is 52.5 Å². The van der Waals surface area contributed by atoms with E-state index in [1.165, 1.54) is 0 Å². The Morgan fingerprint density at radius 2 is 2.04 bits per heavy atom. The van der Waals surface area contributed by atoms with Gasteiger partial charge in [-0.25, -0.2) is 4.98 Å². The van der Waals surface area contributed by atoms with Gasteiger partial charge in [0.1, 0.15) is 5.82 Å². The minimum Gasteiger partial charge on any atom is -0.387 e. The molecule has 1 fully saturated rings. The number of likely N-dealkylation sites (tertiary alicyclic amines) is 1. The van der Waals surface area contributed by atoms with Gasteiger partial charge in [-0.15, -0.1) is 11.3 Å². The topological polar surface area (TPSA) is 58.4 Å². The van der Waals surface area contributed by atoms with Crippen LogP contribution in [0.1, 0.15) is 36.1 Å². The number of fused-ring (bicyclic) bond motifs is 1. The summed E-state index contributed by atoms with van der Waals surface area (Å²) in [4.78, 5) is 20.2. The lowest BCUT2D eigenvalue weighted by Gasteiger charge is -2.34. The normalized spacial score (nSPS) is 16.7. The molecule has 1 aromatic carbocycles. The number of nitrogens with zero attached hydrogens (tertiary/aromatic N) is 3. The molecule has 6 heteroatoms. The second-order valence-electron chi connectivity index (χ2n) is 7.23. The lowest BCUT2D eigenvalue weighted by molar-refractivity contribution is -0.133. The van der Waals surface area contributed by atoms with Gasteiger partial charge in [0.25, 0.3) is 0 Å². The van der Waals surface area contributed by atoms with Crippen LogP contribution in [0, 0.1) is 12.8 Å². The van der Waals surface area contributed by atoms with E-state index in [1.807, 2.05) is 47.5 Å². The number of aliphatic hydroxyl groups excluding tert-OH is 1. The van der Waals surface area contributed by atoms with Crippen LogP contribution in [0.2, 0.25) is 0 Å². The highest BCUT2D eigenvalue weighted by Gasteiger charge is 2.28. The van der Waals surface area contributed by atoms with E-state index in [-0.39, 0.29) is 11.8 Å². The quantitative estimate of drug-likeness (QED) is 0.730. The molecular weight excluding hydrogens is 358 g/mol. The molecule has 1 aliphatic heterocycles. The molecule has 1 amide bonds. The van der Waals surface area contributed by atoms with Gasteiger partial charge in [-0.3, -0.25) is 4.79 Å². The molecule has 3 aromatic rings. The van der Waals surface area contributed by atoms with Gasteiger partial charge in [-0.2, -0.15) is 0 Å². The lowest BCUT2D eigenvalue weighted by atomic mass is 9.90. The van der Waals surface area contributed by atoms with Gasteiger partial charge in [0, 0.05) is 30.9 Å². The first-order valence-electron chi connectivity index (χ1n) is 9.54. The van der Waals surface area contributed by atoms with Gasteiger partial charge in [-0.05, 0) is 49.3 Å². The number of imidazole rings is 1. The molecule has 2 aromatic heterocycles. The fourth-order valence-electron chi connectivity index (χ4n) is 4.00. The summed E-state index contributed by atoms with van der Waals surface area (Å²) in [6, 6.07) is 12.0. The van der Waals surface area contributed by atoms with Crippen molar-refractivity contribution in [1.29, 1.82) is 0 Å². The SMILES string of the molecule is Cc1nc2ccccc2n1CCC(=O)N1CCC(C(O)c2cccs2)CC1. The van der Waals surface area contributed by atoms with E-state index in [1.54, 1.807) is 11.3 Å². The number of carbonyl (C=O) groups is 1. The van der Waals surface area contributed by atoms with Crippen LogP contribution in [0.25, 0.3) is 11.0 Å². The first-order chi connectivity index (χ1) is 13.1. The predicted molar refractivity (Wildman–Crippen MR) is 108 cm³/mol. The molecule has 1 atom stereocenters. The van der Waals surface area contributed by atoms with E-state index in [2.05, 4.69) is 15.6 Å². The van der Waals surface area contributed by atoms with Crippen LogP contribution in [0.15, 0.2) is 41.8 Å². The largest absolute Gasteiger partial charge is 0.387 e. The average Bonchev–Trinajstić information content (AvgIpc) is 3.33. The van der Waals surface area contributed by atoms with Crippen molar-refractivity contribution >= 4 is 28.3 Å². The maximum atomic E-state index is 12.7. The van der Waals surface area contributed by atoms with Crippen molar-refractivity contribution in [3.63, 3.8) is 0 Å². The van der Waals surface area contributed by atoms with E-state index >= 15 is 0 Å². The van der Waals surface area contributed by atoms with Crippen LogP contribution in [-0.4, -0.2) is 38.6 Å². The van der Waals surface area contributed by atoms with Gasteiger partial charge in [0.2, 0.25) is 5.91 Å². The number of hydrogen-bond acceptors (Lipinski definition) is 4. The van der Waals surface area contributed by atoms with Gasteiger partial charge in [-0.1, -0.05) is 18.2 Å². The molecule has 1 N–H and O–H groups in total. The van der Waals surface area contributed by atoms with E-state index in [4.69, 9.17) is 0 Å². The van der Waals surface area contributed by atoms with E-state index in [0.717, 1.165) is 47.7 Å². The summed E-state index contributed by atoms with van der Waals surface area (Å²) in [5.74, 6) is 1.38. The van der Waals surface area contributed by atoms with Crippen LogP contribution >= 0.6 is 11.3 Å². The fourth-order valence-corrected chi connectivity index (χ4v) is 4.80. The van der Waals surface area contributed by atoms with Crippen molar-refractivity contribution in [2.45, 2.75) is 38.8 Å². The standard InChI is InChI=1S/C21H25N3O2S/c1-15-22-17-5-2-3-6-18(17)24(15)13-10-20(25)23-11-8-16(9-12-23)21(26)19-7-4-14-27-19/h2-7,14,16,21,26H,8-13H2,1H3. The zero-order valence-corrected chi connectivity index (χ0v) is 16.4. The Labute approximate surface area is 163 Å². The zero-order chi connectivity index (χ0) is 18.8. The maximum Gasteiger partial charge on any atom is 0.224 e. The Hall–Kier alpha value is -2.18. The third-order valence-electron chi connectivity index (χ3n) is 5.57. The monoisotopic (exact) mass is 383 g/mol. The zero-order valence-electron chi connectivity index (χ0n) is 15.5. The van der Waals surface area contributed by atoms with Crippen LogP contribution in [0.5, 0.6) is 0 Å². The molecule has 5 nitrogen and oxygen atoms in total. The molecule has 0 bridgehead atoms. The van der Waals surface area contributed by atoms with Crippen LogP contribution < -0.4 is 0 Å².